The Balaban J connectivity index is 1.38. The second-order valence-corrected chi connectivity index (χ2v) is 11.6. The number of anilines is 1. The lowest BCUT2D eigenvalue weighted by Crippen LogP contribution is -2.10. The number of nitrogens with one attached hydrogen (secondary N) is 1. The van der Waals surface area contributed by atoms with E-state index in [0.717, 1.165) is 19.3 Å². The number of halogens is 2. The molecule has 0 aliphatic heterocycles. The average molecular weight is 601 g/mol. The highest BCUT2D eigenvalue weighted by Crippen LogP contribution is 2.35. The zero-order valence-corrected chi connectivity index (χ0v) is 25.7. The molecule has 2 N–H and O–H groups in total. The van der Waals surface area contributed by atoms with Crippen molar-refractivity contribution in [3.05, 3.63) is 69.7 Å². The van der Waals surface area contributed by atoms with E-state index in [0.29, 0.717) is 27.9 Å². The number of phenolic OH excluding ortho intramolecular Hbond substituents is 1. The lowest BCUT2D eigenvalue weighted by atomic mass is 9.98. The fourth-order valence-corrected chi connectivity index (χ4v) is 5.43. The van der Waals surface area contributed by atoms with Crippen molar-refractivity contribution in [2.45, 2.75) is 103 Å². The molecule has 0 heterocycles. The summed E-state index contributed by atoms with van der Waals surface area (Å²) in [5, 5.41) is 12.6. The lowest BCUT2D eigenvalue weighted by molar-refractivity contribution is -0.140. The van der Waals surface area contributed by atoms with Crippen molar-refractivity contribution >= 4 is 51.4 Å². The van der Waals surface area contributed by atoms with Crippen LogP contribution in [-0.4, -0.2) is 16.9 Å². The molecular formula is C34H43Cl2NO4. The zero-order valence-electron chi connectivity index (χ0n) is 24.2. The van der Waals surface area contributed by atoms with E-state index in [2.05, 4.69) is 12.4 Å². The molecule has 0 fully saturated rings. The average Bonchev–Trinajstić information content (AvgIpc) is 2.97. The molecule has 41 heavy (non-hydrogen) atoms. The highest BCUT2D eigenvalue weighted by molar-refractivity contribution is 6.37. The van der Waals surface area contributed by atoms with Crippen LogP contribution in [0, 0.1) is 0 Å². The molecule has 222 valence electrons. The Hall–Kier alpha value is -2.76. The van der Waals surface area contributed by atoms with E-state index in [1.807, 2.05) is 0 Å². The number of carbonyl (C=O) groups excluding carboxylic acids is 2. The molecule has 0 amide bonds. The van der Waals surface area contributed by atoms with Crippen LogP contribution >= 0.6 is 23.2 Å². The van der Waals surface area contributed by atoms with Gasteiger partial charge in [0.2, 0.25) is 0 Å². The number of fused-ring (bicyclic) bond motifs is 1. The Morgan fingerprint density at radius 2 is 1.34 bits per heavy atom. The monoisotopic (exact) mass is 599 g/mol. The van der Waals surface area contributed by atoms with Gasteiger partial charge in [-0.3, -0.25) is 4.79 Å². The molecule has 0 aliphatic rings. The molecule has 0 bridgehead atoms. The second kappa shape index (κ2) is 17.9. The molecule has 3 aromatic rings. The molecule has 3 rings (SSSR count). The highest BCUT2D eigenvalue weighted by atomic mass is 35.5. The van der Waals surface area contributed by atoms with E-state index in [1.54, 1.807) is 36.4 Å². The minimum absolute atomic E-state index is 0.105. The van der Waals surface area contributed by atoms with Crippen LogP contribution in [0.4, 0.5) is 5.69 Å². The van der Waals surface area contributed by atoms with Gasteiger partial charge in [0.25, 0.3) is 0 Å². The zero-order chi connectivity index (χ0) is 29.5. The normalized spacial score (nSPS) is 11.1. The van der Waals surface area contributed by atoms with Crippen LogP contribution in [0.5, 0.6) is 5.75 Å². The summed E-state index contributed by atoms with van der Waals surface area (Å²) in [5.74, 6) is -0.941. The molecule has 0 aliphatic carbocycles. The van der Waals surface area contributed by atoms with Gasteiger partial charge in [-0.15, -0.1) is 0 Å². The standard InChI is InChI=1S/C34H43Cl2NO4/c1-2-3-4-5-6-7-8-9-10-11-12-13-14-15-19-32(38)41-37-31-18-16-17-27-26(31)21-22-28(33(27)39)34(40)29-24-25(35)20-23-30(29)36/h16-18,20-24,37,39H,2-15,19H2,1H3. The molecule has 0 saturated heterocycles. The van der Waals surface area contributed by atoms with Crippen molar-refractivity contribution in [3.63, 3.8) is 0 Å². The van der Waals surface area contributed by atoms with Gasteiger partial charge in [0, 0.05) is 27.8 Å². The van der Waals surface area contributed by atoms with Crippen LogP contribution in [0.15, 0.2) is 48.5 Å². The molecule has 0 radical (unpaired) electrons. The largest absolute Gasteiger partial charge is 0.507 e. The van der Waals surface area contributed by atoms with Crippen LogP contribution < -0.4 is 5.48 Å². The summed E-state index contributed by atoms with van der Waals surface area (Å²) in [4.78, 5) is 30.7. The minimum atomic E-state index is -0.435. The summed E-state index contributed by atoms with van der Waals surface area (Å²) < 4.78 is 0. The number of ketones is 1. The van der Waals surface area contributed by atoms with Crippen LogP contribution in [-0.2, 0) is 9.63 Å². The van der Waals surface area contributed by atoms with Gasteiger partial charge >= 0.3 is 5.97 Å². The number of rotatable bonds is 19. The first kappa shape index (κ1) is 32.8. The van der Waals surface area contributed by atoms with Crippen molar-refractivity contribution in [2.75, 3.05) is 5.48 Å². The summed E-state index contributed by atoms with van der Waals surface area (Å²) in [6.07, 6.45) is 18.0. The van der Waals surface area contributed by atoms with Gasteiger partial charge in [-0.1, -0.05) is 132 Å². The van der Waals surface area contributed by atoms with Crippen LogP contribution in [0.1, 0.15) is 119 Å². The lowest BCUT2D eigenvalue weighted by Gasteiger charge is -2.13. The van der Waals surface area contributed by atoms with Crippen molar-refractivity contribution < 1.29 is 19.5 Å². The Bertz CT molecular complexity index is 1280. The SMILES string of the molecule is CCCCCCCCCCCCCCCCC(=O)ONc1cccc2c(O)c(C(=O)c3cc(Cl)ccc3Cl)ccc12. The van der Waals surface area contributed by atoms with Crippen molar-refractivity contribution in [1.82, 2.24) is 0 Å². The van der Waals surface area contributed by atoms with Crippen molar-refractivity contribution in [3.8, 4) is 5.75 Å². The first-order valence-electron chi connectivity index (χ1n) is 15.1. The number of aromatic hydroxyl groups is 1. The first-order chi connectivity index (χ1) is 19.9. The van der Waals surface area contributed by atoms with Gasteiger partial charge in [0.05, 0.1) is 16.3 Å². The molecule has 5 nitrogen and oxygen atoms in total. The minimum Gasteiger partial charge on any atom is -0.507 e. The summed E-state index contributed by atoms with van der Waals surface area (Å²) >= 11 is 12.2. The van der Waals surface area contributed by atoms with Gasteiger partial charge in [0.15, 0.2) is 5.78 Å². The maximum Gasteiger partial charge on any atom is 0.332 e. The number of benzene rings is 3. The highest BCUT2D eigenvalue weighted by Gasteiger charge is 2.19. The molecule has 0 saturated carbocycles. The molecule has 7 heteroatoms. The molecule has 0 atom stereocenters. The van der Waals surface area contributed by atoms with E-state index in [-0.39, 0.29) is 27.9 Å². The van der Waals surface area contributed by atoms with E-state index in [1.165, 1.54) is 82.8 Å². The summed E-state index contributed by atoms with van der Waals surface area (Å²) in [6, 6.07) is 13.0. The van der Waals surface area contributed by atoms with Gasteiger partial charge in [-0.25, -0.2) is 10.3 Å². The van der Waals surface area contributed by atoms with Gasteiger partial charge in [-0.05, 0) is 36.8 Å². The van der Waals surface area contributed by atoms with Crippen LogP contribution in [0.25, 0.3) is 10.8 Å². The quantitative estimate of drug-likeness (QED) is 0.0813. The van der Waals surface area contributed by atoms with E-state index in [4.69, 9.17) is 28.0 Å². The van der Waals surface area contributed by atoms with Crippen LogP contribution in [0.2, 0.25) is 10.0 Å². The molecule has 0 unspecified atom stereocenters. The number of hydrogen-bond acceptors (Lipinski definition) is 5. The smallest absolute Gasteiger partial charge is 0.332 e. The Labute approximate surface area is 254 Å². The Morgan fingerprint density at radius 1 is 0.732 bits per heavy atom. The van der Waals surface area contributed by atoms with E-state index >= 15 is 0 Å². The number of unbranched alkanes of at least 4 members (excludes halogenated alkanes) is 13. The second-order valence-electron chi connectivity index (χ2n) is 10.7. The van der Waals surface area contributed by atoms with Gasteiger partial charge in [-0.2, -0.15) is 0 Å². The molecule has 0 spiro atoms. The molecule has 0 aromatic heterocycles. The van der Waals surface area contributed by atoms with Gasteiger partial charge < -0.3 is 9.94 Å². The first-order valence-corrected chi connectivity index (χ1v) is 15.9. The number of carbonyl (C=O) groups is 2. The summed E-state index contributed by atoms with van der Waals surface area (Å²) in [7, 11) is 0. The van der Waals surface area contributed by atoms with E-state index in [9.17, 15) is 14.7 Å². The number of phenols is 1. The van der Waals surface area contributed by atoms with Crippen LogP contribution in [0.3, 0.4) is 0 Å². The fourth-order valence-electron chi connectivity index (χ4n) is 5.06. The Morgan fingerprint density at radius 3 is 1.98 bits per heavy atom. The third kappa shape index (κ3) is 10.5. The third-order valence-electron chi connectivity index (χ3n) is 7.46. The predicted molar refractivity (Wildman–Crippen MR) is 170 cm³/mol. The van der Waals surface area contributed by atoms with E-state index < -0.39 is 5.78 Å². The summed E-state index contributed by atoms with van der Waals surface area (Å²) in [5.41, 5.74) is 3.56. The maximum absolute atomic E-state index is 13.1. The predicted octanol–water partition coefficient (Wildman–Crippen LogP) is 10.8. The summed E-state index contributed by atoms with van der Waals surface area (Å²) in [6.45, 7) is 2.26. The number of hydrogen-bond donors (Lipinski definition) is 2. The topological polar surface area (TPSA) is 75.6 Å². The molecular weight excluding hydrogens is 557 g/mol. The van der Waals surface area contributed by atoms with Crippen molar-refractivity contribution in [2.24, 2.45) is 0 Å². The fraction of sp³-hybridized carbons (Fsp3) is 0.471. The maximum atomic E-state index is 13.1. The Kier molecular flexibility index (Phi) is 14.3. The van der Waals surface area contributed by atoms with Gasteiger partial charge in [0.1, 0.15) is 5.75 Å². The third-order valence-corrected chi connectivity index (χ3v) is 8.02. The molecule has 3 aromatic carbocycles. The van der Waals surface area contributed by atoms with Crippen molar-refractivity contribution in [1.29, 1.82) is 0 Å².